The highest BCUT2D eigenvalue weighted by Gasteiger charge is 2.21. The minimum absolute atomic E-state index is 0.00114. The molecular weight excluding hydrogens is 488 g/mol. The molecule has 0 saturated heterocycles. The van der Waals surface area contributed by atoms with Crippen LogP contribution >= 0.6 is 0 Å². The molecular formula is C30H28O8. The normalized spacial score (nSPS) is 10.9. The number of carbonyl (C=O) groups is 2. The Morgan fingerprint density at radius 1 is 0.974 bits per heavy atom. The highest BCUT2D eigenvalue weighted by molar-refractivity contribution is 5.98. The number of ether oxygens (including phenoxy) is 2. The van der Waals surface area contributed by atoms with Crippen molar-refractivity contribution in [1.29, 1.82) is 0 Å². The standard InChI is InChI=1S/C30H28O8/c1-3-8-22-24(14-13-21(18(2)31)27(22)32)37-16-7-15-36-20-11-12-23-25(17-20)38-29(30(34)35)26(28(23)33)19-9-5-4-6-10-19/h4-6,9-14,17,32H,3,7-8,15-16H2,1-2H3,(H,34,35). The third-order valence-electron chi connectivity index (χ3n) is 6.05. The van der Waals surface area contributed by atoms with Crippen LogP contribution in [0.2, 0.25) is 0 Å². The van der Waals surface area contributed by atoms with Crippen molar-refractivity contribution >= 4 is 22.7 Å². The molecule has 196 valence electrons. The molecule has 2 N–H and O–H groups in total. The zero-order valence-corrected chi connectivity index (χ0v) is 21.2. The summed E-state index contributed by atoms with van der Waals surface area (Å²) < 4.78 is 17.3. The predicted molar refractivity (Wildman–Crippen MR) is 143 cm³/mol. The van der Waals surface area contributed by atoms with E-state index < -0.39 is 17.2 Å². The molecule has 0 aliphatic heterocycles. The van der Waals surface area contributed by atoms with Crippen molar-refractivity contribution in [3.8, 4) is 28.4 Å². The molecule has 0 aliphatic rings. The first kappa shape index (κ1) is 26.5. The minimum atomic E-state index is -1.34. The summed E-state index contributed by atoms with van der Waals surface area (Å²) in [6.07, 6.45) is 1.87. The lowest BCUT2D eigenvalue weighted by Gasteiger charge is -2.15. The number of phenolic OH excluding ortho intramolecular Hbond substituents is 1. The predicted octanol–water partition coefficient (Wildman–Crippen LogP) is 5.87. The van der Waals surface area contributed by atoms with Gasteiger partial charge in [-0.3, -0.25) is 9.59 Å². The molecule has 0 unspecified atom stereocenters. The Bertz CT molecular complexity index is 1540. The Hall–Kier alpha value is -4.59. The van der Waals surface area contributed by atoms with Crippen LogP contribution in [0.25, 0.3) is 22.1 Å². The van der Waals surface area contributed by atoms with E-state index in [9.17, 15) is 24.6 Å². The maximum Gasteiger partial charge on any atom is 0.372 e. The van der Waals surface area contributed by atoms with E-state index in [-0.39, 0.29) is 40.2 Å². The number of phenols is 1. The van der Waals surface area contributed by atoms with Crippen molar-refractivity contribution in [3.05, 3.63) is 87.8 Å². The summed E-state index contributed by atoms with van der Waals surface area (Å²) in [7, 11) is 0. The number of hydrogen-bond acceptors (Lipinski definition) is 7. The Balaban J connectivity index is 1.46. The van der Waals surface area contributed by atoms with Gasteiger partial charge in [-0.15, -0.1) is 0 Å². The Kier molecular flexibility index (Phi) is 8.11. The van der Waals surface area contributed by atoms with Crippen LogP contribution in [0, 0.1) is 0 Å². The molecule has 0 radical (unpaired) electrons. The molecule has 0 aliphatic carbocycles. The smallest absolute Gasteiger partial charge is 0.372 e. The fourth-order valence-corrected chi connectivity index (χ4v) is 4.24. The summed E-state index contributed by atoms with van der Waals surface area (Å²) in [5.41, 5.74) is 1.03. The number of rotatable bonds is 11. The van der Waals surface area contributed by atoms with Crippen molar-refractivity contribution in [2.45, 2.75) is 33.1 Å². The lowest BCUT2D eigenvalue weighted by atomic mass is 10.0. The lowest BCUT2D eigenvalue weighted by Crippen LogP contribution is -2.12. The first-order valence-electron chi connectivity index (χ1n) is 12.3. The molecule has 3 aromatic carbocycles. The van der Waals surface area contributed by atoms with Crippen LogP contribution in [0.4, 0.5) is 0 Å². The van der Waals surface area contributed by atoms with E-state index in [1.54, 1.807) is 54.6 Å². The molecule has 1 heterocycles. The van der Waals surface area contributed by atoms with Crippen LogP contribution in [0.5, 0.6) is 17.2 Å². The maximum absolute atomic E-state index is 13.1. The maximum atomic E-state index is 13.1. The van der Waals surface area contributed by atoms with Crippen molar-refractivity contribution in [3.63, 3.8) is 0 Å². The van der Waals surface area contributed by atoms with Gasteiger partial charge in [-0.2, -0.15) is 0 Å². The minimum Gasteiger partial charge on any atom is -0.507 e. The summed E-state index contributed by atoms with van der Waals surface area (Å²) >= 11 is 0. The number of hydrogen-bond donors (Lipinski definition) is 2. The van der Waals surface area contributed by atoms with E-state index in [4.69, 9.17) is 13.9 Å². The first-order chi connectivity index (χ1) is 18.3. The van der Waals surface area contributed by atoms with Crippen LogP contribution in [0.1, 0.15) is 53.2 Å². The van der Waals surface area contributed by atoms with E-state index in [1.807, 2.05) is 6.92 Å². The molecule has 0 atom stereocenters. The van der Waals surface area contributed by atoms with Crippen molar-refractivity contribution < 1.29 is 33.7 Å². The van der Waals surface area contributed by atoms with Crippen molar-refractivity contribution in [2.75, 3.05) is 13.2 Å². The average molecular weight is 517 g/mol. The lowest BCUT2D eigenvalue weighted by molar-refractivity contribution is 0.0664. The Morgan fingerprint density at radius 3 is 2.39 bits per heavy atom. The van der Waals surface area contributed by atoms with Crippen LogP contribution in [-0.4, -0.2) is 35.2 Å². The van der Waals surface area contributed by atoms with Crippen molar-refractivity contribution in [1.82, 2.24) is 0 Å². The second-order valence-corrected chi connectivity index (χ2v) is 8.76. The summed E-state index contributed by atoms with van der Waals surface area (Å²) in [6, 6.07) is 16.5. The highest BCUT2D eigenvalue weighted by Crippen LogP contribution is 2.33. The largest absolute Gasteiger partial charge is 0.507 e. The number of carbonyl (C=O) groups excluding carboxylic acids is 1. The molecule has 0 spiro atoms. The molecule has 0 amide bonds. The molecule has 0 bridgehead atoms. The quantitative estimate of drug-likeness (QED) is 0.187. The molecule has 38 heavy (non-hydrogen) atoms. The third-order valence-corrected chi connectivity index (χ3v) is 6.05. The second kappa shape index (κ2) is 11.6. The molecule has 8 nitrogen and oxygen atoms in total. The number of benzene rings is 3. The second-order valence-electron chi connectivity index (χ2n) is 8.76. The number of Topliss-reactive ketones (excluding diaryl/α,β-unsaturated/α-hetero) is 1. The Labute approximate surface area is 219 Å². The van der Waals surface area contributed by atoms with Crippen molar-refractivity contribution in [2.24, 2.45) is 0 Å². The van der Waals surface area contributed by atoms with Gasteiger partial charge < -0.3 is 24.1 Å². The zero-order chi connectivity index (χ0) is 27.2. The Morgan fingerprint density at radius 2 is 1.71 bits per heavy atom. The molecule has 4 aromatic rings. The van der Waals surface area contributed by atoms with Crippen LogP contribution in [0.15, 0.2) is 69.9 Å². The average Bonchev–Trinajstić information content (AvgIpc) is 2.90. The van der Waals surface area contributed by atoms with E-state index in [0.717, 1.165) is 6.42 Å². The summed E-state index contributed by atoms with van der Waals surface area (Å²) in [5, 5.41) is 20.4. The third kappa shape index (κ3) is 5.54. The van der Waals surface area contributed by atoms with Gasteiger partial charge in [-0.05, 0) is 43.2 Å². The SMILES string of the molecule is CCCc1c(OCCCOc2ccc3c(=O)c(-c4ccccc4)c(C(=O)O)oc3c2)ccc(C(C)=O)c1O. The number of carboxylic acid groups (broad SMARTS) is 1. The van der Waals surface area contributed by atoms with Crippen LogP contribution in [-0.2, 0) is 6.42 Å². The van der Waals surface area contributed by atoms with Gasteiger partial charge in [0.2, 0.25) is 11.2 Å². The summed E-state index contributed by atoms with van der Waals surface area (Å²) in [6.45, 7) is 3.97. The monoisotopic (exact) mass is 516 g/mol. The summed E-state index contributed by atoms with van der Waals surface area (Å²) in [5.74, 6) is -1.08. The van der Waals surface area contributed by atoms with Gasteiger partial charge in [0.15, 0.2) is 5.78 Å². The van der Waals surface area contributed by atoms with Crippen LogP contribution in [0.3, 0.4) is 0 Å². The fourth-order valence-electron chi connectivity index (χ4n) is 4.24. The summed E-state index contributed by atoms with van der Waals surface area (Å²) in [4.78, 5) is 36.7. The number of aromatic hydroxyl groups is 1. The number of ketones is 1. The van der Waals surface area contributed by atoms with E-state index in [2.05, 4.69) is 0 Å². The number of fused-ring (bicyclic) bond motifs is 1. The number of aromatic carboxylic acids is 1. The van der Waals surface area contributed by atoms with Gasteiger partial charge in [0.25, 0.3) is 0 Å². The van der Waals surface area contributed by atoms with Gasteiger partial charge in [-0.25, -0.2) is 4.79 Å². The van der Waals surface area contributed by atoms with E-state index in [1.165, 1.54) is 13.0 Å². The molecule has 4 rings (SSSR count). The van der Waals surface area contributed by atoms with Gasteiger partial charge >= 0.3 is 5.97 Å². The van der Waals surface area contributed by atoms with Crippen LogP contribution < -0.4 is 14.9 Å². The molecule has 0 fully saturated rings. The number of carboxylic acids is 1. The topological polar surface area (TPSA) is 123 Å². The highest BCUT2D eigenvalue weighted by atomic mass is 16.5. The fraction of sp³-hybridized carbons (Fsp3) is 0.233. The molecule has 8 heteroatoms. The molecule has 1 aromatic heterocycles. The van der Waals surface area contributed by atoms with E-state index in [0.29, 0.717) is 42.1 Å². The van der Waals surface area contributed by atoms with Gasteiger partial charge in [0, 0.05) is 18.1 Å². The van der Waals surface area contributed by atoms with Gasteiger partial charge in [0.1, 0.15) is 22.8 Å². The van der Waals surface area contributed by atoms with Gasteiger partial charge in [0.05, 0.1) is 29.7 Å². The van der Waals surface area contributed by atoms with E-state index >= 15 is 0 Å². The first-order valence-corrected chi connectivity index (χ1v) is 12.3. The molecule has 0 saturated carbocycles. The van der Waals surface area contributed by atoms with Gasteiger partial charge in [-0.1, -0.05) is 43.7 Å². The zero-order valence-electron chi connectivity index (χ0n) is 21.2.